The molecule has 0 radical (unpaired) electrons. The van der Waals surface area contributed by atoms with Crippen LogP contribution in [-0.4, -0.2) is 22.5 Å². The van der Waals surface area contributed by atoms with Crippen molar-refractivity contribution in [2.75, 3.05) is 0 Å². The summed E-state index contributed by atoms with van der Waals surface area (Å²) >= 11 is 0. The number of hydrogen-bond donors (Lipinski definition) is 3. The van der Waals surface area contributed by atoms with Gasteiger partial charge in [-0.15, -0.1) is 0 Å². The van der Waals surface area contributed by atoms with E-state index in [-0.39, 0.29) is 0 Å². The van der Waals surface area contributed by atoms with Crippen LogP contribution in [0.2, 0.25) is 0 Å². The first-order chi connectivity index (χ1) is 4.34. The Morgan fingerprint density at radius 2 is 1.90 bits per heavy atom. The summed E-state index contributed by atoms with van der Waals surface area (Å²) in [5.74, 6) is -1.90. The number of nitrogens with two attached hydrogens (primary N) is 2. The van der Waals surface area contributed by atoms with E-state index in [2.05, 4.69) is 0 Å². The highest BCUT2D eigenvalue weighted by Gasteiger charge is 2.24. The van der Waals surface area contributed by atoms with Crippen LogP contribution in [0.4, 0.5) is 0 Å². The van der Waals surface area contributed by atoms with E-state index >= 15 is 0 Å². The molecule has 0 aromatic rings. The molecule has 0 amide bonds. The van der Waals surface area contributed by atoms with Gasteiger partial charge in [-0.1, -0.05) is 0 Å². The van der Waals surface area contributed by atoms with Gasteiger partial charge in [-0.3, -0.25) is 9.59 Å². The summed E-state index contributed by atoms with van der Waals surface area (Å²) in [5.41, 5.74) is 8.65. The fraction of sp³-hybridized carbons (Fsp3) is 0.600. The van der Waals surface area contributed by atoms with Crippen LogP contribution in [0.5, 0.6) is 0 Å². The van der Waals surface area contributed by atoms with Gasteiger partial charge in [0.1, 0.15) is 12.1 Å². The Labute approximate surface area is 58.0 Å². The molecule has 0 aromatic carbocycles. The third-order valence-corrected chi connectivity index (χ3v) is 0.913. The Balaban J connectivity index is 3.99. The van der Waals surface area contributed by atoms with Crippen LogP contribution in [-0.2, 0) is 9.59 Å². The van der Waals surface area contributed by atoms with Crippen LogP contribution in [0, 0.1) is 0 Å². The molecular formula is C5H10N2O3. The van der Waals surface area contributed by atoms with E-state index in [0.29, 0.717) is 0 Å². The lowest BCUT2D eigenvalue weighted by molar-refractivity contribution is -0.141. The van der Waals surface area contributed by atoms with Gasteiger partial charge in [-0.05, 0) is 6.92 Å². The van der Waals surface area contributed by atoms with Crippen LogP contribution < -0.4 is 11.5 Å². The molecule has 0 aliphatic carbocycles. The molecule has 0 bridgehead atoms. The zero-order valence-corrected chi connectivity index (χ0v) is 5.63. The summed E-state index contributed by atoms with van der Waals surface area (Å²) in [6.45, 7) is 1.26. The summed E-state index contributed by atoms with van der Waals surface area (Å²) in [6.07, 6.45) is -0.622. The van der Waals surface area contributed by atoms with Gasteiger partial charge in [0.05, 0.1) is 0 Å². The Bertz CT molecular complexity index is 159. The lowest BCUT2D eigenvalue weighted by atomic mass is 10.1. The molecule has 0 aliphatic heterocycles. The van der Waals surface area contributed by atoms with Gasteiger partial charge >= 0.3 is 5.97 Å². The second kappa shape index (κ2) is 2.76. The van der Waals surface area contributed by atoms with E-state index in [9.17, 15) is 9.59 Å². The van der Waals surface area contributed by atoms with E-state index < -0.39 is 23.8 Å². The fourth-order valence-electron chi connectivity index (χ4n) is 0.328. The molecular weight excluding hydrogens is 136 g/mol. The number of ketones is 1. The lowest BCUT2D eigenvalue weighted by Gasteiger charge is -2.14. The molecule has 5 N–H and O–H groups in total. The highest BCUT2D eigenvalue weighted by Crippen LogP contribution is 1.94. The van der Waals surface area contributed by atoms with Crippen LogP contribution in [0.15, 0.2) is 0 Å². The summed E-state index contributed by atoms with van der Waals surface area (Å²) < 4.78 is 0. The normalized spacial score (nSPS) is 11.1. The second-order valence-electron chi connectivity index (χ2n) is 2.28. The maximum atomic E-state index is 10.6. The van der Waals surface area contributed by atoms with Crippen molar-refractivity contribution >= 4 is 11.8 Å². The number of aliphatic carboxylic acids is 1. The van der Waals surface area contributed by atoms with E-state index in [1.807, 2.05) is 0 Å². The number of carboxylic acids is 1. The highest BCUT2D eigenvalue weighted by molar-refractivity contribution is 5.99. The van der Waals surface area contributed by atoms with Crippen LogP contribution in [0.1, 0.15) is 13.3 Å². The van der Waals surface area contributed by atoms with Gasteiger partial charge in [0, 0.05) is 0 Å². The number of Topliss-reactive ketones (excluding diaryl/α,β-unsaturated/α-hetero) is 1. The number of carbonyl (C=O) groups is 2. The molecule has 0 aromatic heterocycles. The molecule has 0 rings (SSSR count). The minimum Gasteiger partial charge on any atom is -0.481 e. The Morgan fingerprint density at radius 3 is 2.00 bits per heavy atom. The largest absolute Gasteiger partial charge is 0.481 e. The highest BCUT2D eigenvalue weighted by atomic mass is 16.4. The topological polar surface area (TPSA) is 106 Å². The first-order valence-corrected chi connectivity index (χ1v) is 2.67. The fourth-order valence-corrected chi connectivity index (χ4v) is 0.328. The van der Waals surface area contributed by atoms with Gasteiger partial charge in [-0.2, -0.15) is 0 Å². The van der Waals surface area contributed by atoms with Gasteiger partial charge in [0.15, 0.2) is 5.78 Å². The average Bonchev–Trinajstić information content (AvgIpc) is 1.60. The van der Waals surface area contributed by atoms with Crippen molar-refractivity contribution in [2.45, 2.75) is 19.0 Å². The monoisotopic (exact) mass is 146 g/mol. The van der Waals surface area contributed by atoms with E-state index in [1.165, 1.54) is 6.92 Å². The molecule has 0 heterocycles. The maximum Gasteiger partial charge on any atom is 0.311 e. The van der Waals surface area contributed by atoms with Crippen molar-refractivity contribution in [3.05, 3.63) is 0 Å². The number of carbonyl (C=O) groups excluding carboxylic acids is 1. The first kappa shape index (κ1) is 9.06. The summed E-state index contributed by atoms with van der Waals surface area (Å²) in [4.78, 5) is 20.6. The Hall–Kier alpha value is -0.940. The summed E-state index contributed by atoms with van der Waals surface area (Å²) in [6, 6.07) is 0. The van der Waals surface area contributed by atoms with Crippen LogP contribution >= 0.6 is 0 Å². The minimum absolute atomic E-state index is 0.622. The standard InChI is InChI=1S/C5H10N2O3/c1-5(6,7)3(8)2-4(9)10/h2,6-7H2,1H3,(H,9,10). The molecule has 58 valence electrons. The third-order valence-electron chi connectivity index (χ3n) is 0.913. The minimum atomic E-state index is -1.53. The van der Waals surface area contributed by atoms with Crippen molar-refractivity contribution in [1.29, 1.82) is 0 Å². The molecule has 5 nitrogen and oxygen atoms in total. The number of rotatable bonds is 3. The molecule has 0 aliphatic rings. The smallest absolute Gasteiger partial charge is 0.311 e. The van der Waals surface area contributed by atoms with Crippen molar-refractivity contribution in [1.82, 2.24) is 0 Å². The SMILES string of the molecule is CC(N)(N)C(=O)CC(=O)O. The molecule has 0 atom stereocenters. The summed E-state index contributed by atoms with van der Waals surface area (Å²) in [5, 5.41) is 8.12. The average molecular weight is 146 g/mol. The van der Waals surface area contributed by atoms with Crippen LogP contribution in [0.25, 0.3) is 0 Å². The van der Waals surface area contributed by atoms with Crippen molar-refractivity contribution in [2.24, 2.45) is 11.5 Å². The molecule has 0 unspecified atom stereocenters. The van der Waals surface area contributed by atoms with Gasteiger partial charge < -0.3 is 16.6 Å². The predicted molar refractivity (Wildman–Crippen MR) is 34.0 cm³/mol. The first-order valence-electron chi connectivity index (χ1n) is 2.67. The number of carboxylic acid groups (broad SMARTS) is 1. The van der Waals surface area contributed by atoms with Crippen molar-refractivity contribution in [3.8, 4) is 0 Å². The molecule has 0 spiro atoms. The molecule has 0 saturated carbocycles. The Morgan fingerprint density at radius 1 is 1.50 bits per heavy atom. The van der Waals surface area contributed by atoms with Gasteiger partial charge in [-0.25, -0.2) is 0 Å². The predicted octanol–water partition coefficient (Wildman–Crippen LogP) is -1.34. The molecule has 0 fully saturated rings. The van der Waals surface area contributed by atoms with Crippen molar-refractivity contribution < 1.29 is 14.7 Å². The Kier molecular flexibility index (Phi) is 2.50. The molecule has 0 saturated heterocycles. The van der Waals surface area contributed by atoms with Crippen LogP contribution in [0.3, 0.4) is 0 Å². The lowest BCUT2D eigenvalue weighted by Crippen LogP contribution is -2.53. The number of hydrogen-bond acceptors (Lipinski definition) is 4. The third kappa shape index (κ3) is 3.16. The quantitative estimate of drug-likeness (QED) is 0.337. The molecule has 5 heteroatoms. The van der Waals surface area contributed by atoms with Gasteiger partial charge in [0.25, 0.3) is 0 Å². The van der Waals surface area contributed by atoms with Crippen molar-refractivity contribution in [3.63, 3.8) is 0 Å². The zero-order chi connectivity index (χ0) is 8.36. The van der Waals surface area contributed by atoms with E-state index in [0.717, 1.165) is 0 Å². The second-order valence-corrected chi connectivity index (χ2v) is 2.28. The van der Waals surface area contributed by atoms with E-state index in [1.54, 1.807) is 0 Å². The van der Waals surface area contributed by atoms with Gasteiger partial charge in [0.2, 0.25) is 0 Å². The zero-order valence-electron chi connectivity index (χ0n) is 5.63. The maximum absolute atomic E-state index is 10.6. The van der Waals surface area contributed by atoms with E-state index in [4.69, 9.17) is 16.6 Å². The summed E-state index contributed by atoms with van der Waals surface area (Å²) in [7, 11) is 0. The molecule has 10 heavy (non-hydrogen) atoms.